The van der Waals surface area contributed by atoms with Gasteiger partial charge in [0.05, 0.1) is 6.61 Å². The lowest BCUT2D eigenvalue weighted by Gasteiger charge is -2.43. The predicted octanol–water partition coefficient (Wildman–Crippen LogP) is 1.72. The van der Waals surface area contributed by atoms with Crippen LogP contribution >= 0.6 is 0 Å². The van der Waals surface area contributed by atoms with Gasteiger partial charge >= 0.3 is 5.97 Å². The van der Waals surface area contributed by atoms with Crippen molar-refractivity contribution in [3.63, 3.8) is 0 Å². The molecule has 1 aliphatic rings. The van der Waals surface area contributed by atoms with Crippen LogP contribution in [-0.2, 0) is 9.53 Å². The summed E-state index contributed by atoms with van der Waals surface area (Å²) in [5.41, 5.74) is -0.750. The van der Waals surface area contributed by atoms with E-state index in [1.165, 1.54) is 0 Å². The standard InChI is InChI=1S/C15H30N2O3/c1-5-9-16-15(14(18)19)8-6-7-13(10-15)17(3)12(2)11-20-4/h12-13,16H,5-11H2,1-4H3,(H,18,19). The summed E-state index contributed by atoms with van der Waals surface area (Å²) in [5, 5.41) is 12.9. The second-order valence-electron chi connectivity index (χ2n) is 6.03. The van der Waals surface area contributed by atoms with Gasteiger partial charge in [0.15, 0.2) is 0 Å². The van der Waals surface area contributed by atoms with Gasteiger partial charge in [-0.1, -0.05) is 6.92 Å². The summed E-state index contributed by atoms with van der Waals surface area (Å²) in [6.07, 6.45) is 4.37. The van der Waals surface area contributed by atoms with Gasteiger partial charge in [-0.3, -0.25) is 9.69 Å². The third-order valence-electron chi connectivity index (χ3n) is 4.53. The zero-order valence-electron chi connectivity index (χ0n) is 13.3. The molecule has 0 amide bonds. The van der Waals surface area contributed by atoms with E-state index in [0.29, 0.717) is 25.1 Å². The first-order valence-electron chi connectivity index (χ1n) is 7.66. The summed E-state index contributed by atoms with van der Waals surface area (Å²) in [6, 6.07) is 0.607. The van der Waals surface area contributed by atoms with Gasteiger partial charge in [0, 0.05) is 19.2 Å². The Bertz CT molecular complexity index is 311. The Labute approximate surface area is 122 Å². The maximum Gasteiger partial charge on any atom is 0.323 e. The Morgan fingerprint density at radius 1 is 1.60 bits per heavy atom. The average Bonchev–Trinajstić information content (AvgIpc) is 2.44. The lowest BCUT2D eigenvalue weighted by Crippen LogP contribution is -2.59. The van der Waals surface area contributed by atoms with Crippen LogP contribution < -0.4 is 5.32 Å². The third-order valence-corrected chi connectivity index (χ3v) is 4.53. The fourth-order valence-corrected chi connectivity index (χ4v) is 3.11. The molecule has 0 spiro atoms. The number of hydrogen-bond donors (Lipinski definition) is 2. The normalized spacial score (nSPS) is 28.6. The van der Waals surface area contributed by atoms with Crippen LogP contribution in [0.25, 0.3) is 0 Å². The van der Waals surface area contributed by atoms with Gasteiger partial charge in [0.1, 0.15) is 5.54 Å². The number of carbonyl (C=O) groups is 1. The number of ether oxygens (including phenoxy) is 1. The molecule has 0 bridgehead atoms. The van der Waals surface area contributed by atoms with E-state index in [1.54, 1.807) is 7.11 Å². The maximum absolute atomic E-state index is 11.7. The number of likely N-dealkylation sites (N-methyl/N-ethyl adjacent to an activating group) is 1. The van der Waals surface area contributed by atoms with Crippen LogP contribution in [0.3, 0.4) is 0 Å². The average molecular weight is 286 g/mol. The highest BCUT2D eigenvalue weighted by Gasteiger charge is 2.43. The number of carboxylic acids is 1. The molecule has 2 N–H and O–H groups in total. The molecular formula is C15H30N2O3. The van der Waals surface area contributed by atoms with Crippen molar-refractivity contribution in [2.24, 2.45) is 0 Å². The molecule has 0 radical (unpaired) electrons. The van der Waals surface area contributed by atoms with E-state index in [1.807, 2.05) is 0 Å². The van der Waals surface area contributed by atoms with Crippen LogP contribution in [0.2, 0.25) is 0 Å². The smallest absolute Gasteiger partial charge is 0.323 e. The number of rotatable bonds is 8. The monoisotopic (exact) mass is 286 g/mol. The molecule has 0 aliphatic heterocycles. The van der Waals surface area contributed by atoms with Crippen molar-refractivity contribution in [2.75, 3.05) is 27.3 Å². The maximum atomic E-state index is 11.7. The Morgan fingerprint density at radius 3 is 2.85 bits per heavy atom. The number of aliphatic carboxylic acids is 1. The van der Waals surface area contributed by atoms with Crippen LogP contribution in [0.5, 0.6) is 0 Å². The van der Waals surface area contributed by atoms with Gasteiger partial charge in [-0.2, -0.15) is 0 Å². The number of hydrogen-bond acceptors (Lipinski definition) is 4. The third kappa shape index (κ3) is 4.17. The van der Waals surface area contributed by atoms with E-state index < -0.39 is 11.5 Å². The summed E-state index contributed by atoms with van der Waals surface area (Å²) in [7, 11) is 3.78. The number of carboxylic acid groups (broad SMARTS) is 1. The number of nitrogens with one attached hydrogen (secondary N) is 1. The van der Waals surface area contributed by atoms with Gasteiger partial charge in [-0.15, -0.1) is 0 Å². The van der Waals surface area contributed by atoms with Crippen LogP contribution in [0, 0.1) is 0 Å². The van der Waals surface area contributed by atoms with Crippen molar-refractivity contribution >= 4 is 5.97 Å². The highest BCUT2D eigenvalue weighted by molar-refractivity contribution is 5.79. The molecule has 3 atom stereocenters. The Kier molecular flexibility index (Phi) is 6.92. The first-order valence-corrected chi connectivity index (χ1v) is 7.66. The molecule has 0 aromatic carbocycles. The van der Waals surface area contributed by atoms with E-state index in [0.717, 1.165) is 32.2 Å². The van der Waals surface area contributed by atoms with Crippen molar-refractivity contribution < 1.29 is 14.6 Å². The van der Waals surface area contributed by atoms with Gasteiger partial charge in [0.2, 0.25) is 0 Å². The van der Waals surface area contributed by atoms with Gasteiger partial charge in [-0.05, 0) is 52.6 Å². The molecule has 5 heteroatoms. The zero-order chi connectivity index (χ0) is 15.2. The van der Waals surface area contributed by atoms with Crippen LogP contribution in [0.15, 0.2) is 0 Å². The molecule has 0 heterocycles. The number of nitrogens with zero attached hydrogens (tertiary/aromatic N) is 1. The zero-order valence-corrected chi connectivity index (χ0v) is 13.3. The second-order valence-corrected chi connectivity index (χ2v) is 6.03. The summed E-state index contributed by atoms with van der Waals surface area (Å²) in [4.78, 5) is 14.0. The lowest BCUT2D eigenvalue weighted by atomic mass is 9.78. The predicted molar refractivity (Wildman–Crippen MR) is 80.0 cm³/mol. The van der Waals surface area contributed by atoms with E-state index in [4.69, 9.17) is 4.74 Å². The molecule has 118 valence electrons. The van der Waals surface area contributed by atoms with Crippen molar-refractivity contribution in [1.82, 2.24) is 10.2 Å². The highest BCUT2D eigenvalue weighted by atomic mass is 16.5. The quantitative estimate of drug-likeness (QED) is 0.711. The minimum absolute atomic E-state index is 0.300. The van der Waals surface area contributed by atoms with Gasteiger partial charge in [-0.25, -0.2) is 0 Å². The SMILES string of the molecule is CCCNC1(C(=O)O)CCCC(N(C)C(C)COC)C1. The minimum Gasteiger partial charge on any atom is -0.480 e. The Hall–Kier alpha value is -0.650. The first-order chi connectivity index (χ1) is 9.46. The van der Waals surface area contributed by atoms with Crippen LogP contribution in [0.1, 0.15) is 46.0 Å². The molecule has 0 aromatic heterocycles. The fourth-order valence-electron chi connectivity index (χ4n) is 3.11. The van der Waals surface area contributed by atoms with E-state index in [9.17, 15) is 9.90 Å². The molecule has 20 heavy (non-hydrogen) atoms. The lowest BCUT2D eigenvalue weighted by molar-refractivity contribution is -0.147. The largest absolute Gasteiger partial charge is 0.480 e. The van der Waals surface area contributed by atoms with E-state index in [2.05, 4.69) is 31.1 Å². The molecule has 1 aliphatic carbocycles. The Morgan fingerprint density at radius 2 is 2.30 bits per heavy atom. The summed E-state index contributed by atoms with van der Waals surface area (Å²) < 4.78 is 5.21. The summed E-state index contributed by atoms with van der Waals surface area (Å²) in [5.74, 6) is -0.705. The van der Waals surface area contributed by atoms with E-state index >= 15 is 0 Å². The van der Waals surface area contributed by atoms with Crippen molar-refractivity contribution in [3.8, 4) is 0 Å². The highest BCUT2D eigenvalue weighted by Crippen LogP contribution is 2.32. The number of methoxy groups -OCH3 is 1. The second kappa shape index (κ2) is 7.96. The minimum atomic E-state index is -0.750. The summed E-state index contributed by atoms with van der Waals surface area (Å²) in [6.45, 7) is 5.63. The molecule has 1 fully saturated rings. The first kappa shape index (κ1) is 17.4. The molecular weight excluding hydrogens is 256 g/mol. The molecule has 0 saturated heterocycles. The van der Waals surface area contributed by atoms with Crippen molar-refractivity contribution in [3.05, 3.63) is 0 Å². The molecule has 3 unspecified atom stereocenters. The topological polar surface area (TPSA) is 61.8 Å². The van der Waals surface area contributed by atoms with Gasteiger partial charge in [0.25, 0.3) is 0 Å². The van der Waals surface area contributed by atoms with Gasteiger partial charge < -0.3 is 15.2 Å². The van der Waals surface area contributed by atoms with Crippen LogP contribution in [-0.4, -0.2) is 60.9 Å². The molecule has 1 rings (SSSR count). The molecule has 5 nitrogen and oxygen atoms in total. The fraction of sp³-hybridized carbons (Fsp3) is 0.933. The Balaban J connectivity index is 2.74. The van der Waals surface area contributed by atoms with Crippen LogP contribution in [0.4, 0.5) is 0 Å². The van der Waals surface area contributed by atoms with Crippen molar-refractivity contribution in [1.29, 1.82) is 0 Å². The van der Waals surface area contributed by atoms with E-state index in [-0.39, 0.29) is 0 Å². The van der Waals surface area contributed by atoms with Crippen molar-refractivity contribution in [2.45, 2.75) is 63.6 Å². The molecule has 0 aromatic rings. The summed E-state index contributed by atoms with van der Waals surface area (Å²) >= 11 is 0. The molecule has 1 saturated carbocycles.